The van der Waals surface area contributed by atoms with Crippen molar-refractivity contribution < 1.29 is 22.7 Å². The molecule has 1 atom stereocenters. The largest absolute Gasteiger partial charge is 0.462 e. The van der Waals surface area contributed by atoms with Crippen LogP contribution in [0.3, 0.4) is 0 Å². The summed E-state index contributed by atoms with van der Waals surface area (Å²) in [7, 11) is -3.66. The molecule has 1 heterocycles. The maximum atomic E-state index is 13.0. The monoisotopic (exact) mass is 464 g/mol. The van der Waals surface area contributed by atoms with E-state index in [-0.39, 0.29) is 34.5 Å². The van der Waals surface area contributed by atoms with Gasteiger partial charge in [-0.15, -0.1) is 0 Å². The molecule has 166 valence electrons. The predicted octanol–water partition coefficient (Wildman–Crippen LogP) is 3.86. The van der Waals surface area contributed by atoms with Crippen molar-refractivity contribution >= 4 is 39.2 Å². The Balaban J connectivity index is 1.69. The third kappa shape index (κ3) is 5.44. The summed E-state index contributed by atoms with van der Waals surface area (Å²) >= 11 is 6.15. The number of piperidine rings is 1. The molecule has 31 heavy (non-hydrogen) atoms. The standard InChI is InChI=1S/C22H25ClN2O5S/c1-3-30-22(27)19-11-8-17(13-20(19)23)24-21(26)16-5-4-12-25(14-16)31(28,29)18-9-6-15(2)7-10-18/h6-11,13,16H,3-5,12,14H2,1-2H3,(H,24,26). The molecule has 7 nitrogen and oxygen atoms in total. The normalized spacial score (nSPS) is 17.2. The Labute approximate surface area is 187 Å². The number of carbonyl (C=O) groups excluding carboxylic acids is 2. The van der Waals surface area contributed by atoms with Crippen molar-refractivity contribution in [1.29, 1.82) is 0 Å². The zero-order valence-electron chi connectivity index (χ0n) is 17.4. The van der Waals surface area contributed by atoms with E-state index >= 15 is 0 Å². The average molecular weight is 465 g/mol. The predicted molar refractivity (Wildman–Crippen MR) is 119 cm³/mol. The lowest BCUT2D eigenvalue weighted by Crippen LogP contribution is -2.43. The fraction of sp³-hybridized carbons (Fsp3) is 0.364. The Morgan fingerprint density at radius 2 is 1.90 bits per heavy atom. The van der Waals surface area contributed by atoms with Gasteiger partial charge in [-0.05, 0) is 57.0 Å². The molecular weight excluding hydrogens is 440 g/mol. The Morgan fingerprint density at radius 1 is 1.19 bits per heavy atom. The summed E-state index contributed by atoms with van der Waals surface area (Å²) in [6, 6.07) is 11.2. The molecule has 1 amide bonds. The first-order valence-electron chi connectivity index (χ1n) is 10.1. The first-order chi connectivity index (χ1) is 14.7. The molecule has 0 saturated carbocycles. The van der Waals surface area contributed by atoms with E-state index in [1.807, 2.05) is 6.92 Å². The molecule has 1 aliphatic heterocycles. The SMILES string of the molecule is CCOC(=O)c1ccc(NC(=O)C2CCCN(S(=O)(=O)c3ccc(C)cc3)C2)cc1Cl. The van der Waals surface area contributed by atoms with Crippen LogP contribution < -0.4 is 5.32 Å². The fourth-order valence-electron chi connectivity index (χ4n) is 3.45. The zero-order valence-corrected chi connectivity index (χ0v) is 19.0. The van der Waals surface area contributed by atoms with Crippen LogP contribution in [0.4, 0.5) is 5.69 Å². The van der Waals surface area contributed by atoms with Crippen LogP contribution in [-0.2, 0) is 19.6 Å². The molecule has 1 aliphatic rings. The summed E-state index contributed by atoms with van der Waals surface area (Å²) in [5.74, 6) is -1.31. The van der Waals surface area contributed by atoms with Crippen LogP contribution in [-0.4, -0.2) is 44.3 Å². The minimum absolute atomic E-state index is 0.108. The summed E-state index contributed by atoms with van der Waals surface area (Å²) in [5, 5.41) is 2.94. The Kier molecular flexibility index (Phi) is 7.35. The van der Waals surface area contributed by atoms with E-state index in [1.54, 1.807) is 37.3 Å². The molecule has 0 bridgehead atoms. The molecule has 0 aliphatic carbocycles. The maximum Gasteiger partial charge on any atom is 0.339 e. The third-order valence-corrected chi connectivity index (χ3v) is 7.34. The molecule has 1 saturated heterocycles. The minimum atomic E-state index is -3.66. The van der Waals surface area contributed by atoms with Crippen molar-refractivity contribution in [1.82, 2.24) is 4.31 Å². The number of benzene rings is 2. The number of rotatable bonds is 6. The molecular formula is C22H25ClN2O5S. The molecule has 2 aromatic rings. The van der Waals surface area contributed by atoms with Crippen molar-refractivity contribution in [2.45, 2.75) is 31.6 Å². The number of sulfonamides is 1. The van der Waals surface area contributed by atoms with E-state index < -0.39 is 21.9 Å². The Bertz CT molecular complexity index is 1070. The molecule has 2 aromatic carbocycles. The highest BCUT2D eigenvalue weighted by atomic mass is 35.5. The van der Waals surface area contributed by atoms with Gasteiger partial charge in [-0.25, -0.2) is 13.2 Å². The number of nitrogens with zero attached hydrogens (tertiary/aromatic N) is 1. The highest BCUT2D eigenvalue weighted by Gasteiger charge is 2.33. The quantitative estimate of drug-likeness (QED) is 0.655. The van der Waals surface area contributed by atoms with Crippen LogP contribution in [0.2, 0.25) is 5.02 Å². The number of anilines is 1. The number of carbonyl (C=O) groups is 2. The molecule has 3 rings (SSSR count). The molecule has 0 radical (unpaired) electrons. The lowest BCUT2D eigenvalue weighted by Gasteiger charge is -2.31. The molecule has 9 heteroatoms. The van der Waals surface area contributed by atoms with Gasteiger partial charge in [-0.2, -0.15) is 4.31 Å². The van der Waals surface area contributed by atoms with Crippen LogP contribution in [0.1, 0.15) is 35.7 Å². The highest BCUT2D eigenvalue weighted by molar-refractivity contribution is 7.89. The average Bonchev–Trinajstić information content (AvgIpc) is 2.74. The molecule has 1 fully saturated rings. The van der Waals surface area contributed by atoms with Crippen LogP contribution in [0.15, 0.2) is 47.4 Å². The smallest absolute Gasteiger partial charge is 0.339 e. The van der Waals surface area contributed by atoms with Gasteiger partial charge in [0.05, 0.1) is 28.0 Å². The maximum absolute atomic E-state index is 13.0. The summed E-state index contributed by atoms with van der Waals surface area (Å²) in [6.07, 6.45) is 1.17. The van der Waals surface area contributed by atoms with Crippen LogP contribution in [0.5, 0.6) is 0 Å². The lowest BCUT2D eigenvalue weighted by atomic mass is 9.98. The fourth-order valence-corrected chi connectivity index (χ4v) is 5.23. The molecule has 0 aromatic heterocycles. The number of esters is 1. The first-order valence-corrected chi connectivity index (χ1v) is 11.9. The Hall–Kier alpha value is -2.42. The topological polar surface area (TPSA) is 92.8 Å². The number of hydrogen-bond acceptors (Lipinski definition) is 5. The number of halogens is 1. The van der Waals surface area contributed by atoms with Crippen LogP contribution >= 0.6 is 11.6 Å². The van der Waals surface area contributed by atoms with Crippen LogP contribution in [0.25, 0.3) is 0 Å². The summed E-state index contributed by atoms with van der Waals surface area (Å²) in [4.78, 5) is 24.9. The number of amides is 1. The van der Waals surface area contributed by atoms with Gasteiger partial charge in [0.2, 0.25) is 15.9 Å². The van der Waals surface area contributed by atoms with Crippen LogP contribution in [0, 0.1) is 12.8 Å². The van der Waals surface area contributed by atoms with E-state index in [0.717, 1.165) is 5.56 Å². The van der Waals surface area contributed by atoms with Gasteiger partial charge in [0.15, 0.2) is 0 Å². The number of hydrogen-bond donors (Lipinski definition) is 1. The van der Waals surface area contributed by atoms with E-state index in [0.29, 0.717) is 25.1 Å². The van der Waals surface area contributed by atoms with Crippen molar-refractivity contribution in [2.24, 2.45) is 5.92 Å². The van der Waals surface area contributed by atoms with Crippen molar-refractivity contribution in [3.8, 4) is 0 Å². The van der Waals surface area contributed by atoms with Gasteiger partial charge in [-0.3, -0.25) is 4.79 Å². The van der Waals surface area contributed by atoms with E-state index in [1.165, 1.54) is 16.4 Å². The number of ether oxygens (including phenoxy) is 1. The van der Waals surface area contributed by atoms with Gasteiger partial charge < -0.3 is 10.1 Å². The summed E-state index contributed by atoms with van der Waals surface area (Å²) in [5.41, 5.74) is 1.62. The summed E-state index contributed by atoms with van der Waals surface area (Å²) in [6.45, 7) is 4.31. The number of nitrogens with one attached hydrogen (secondary N) is 1. The second-order valence-corrected chi connectivity index (χ2v) is 9.76. The number of aryl methyl sites for hydroxylation is 1. The first kappa shape index (κ1) is 23.2. The third-order valence-electron chi connectivity index (χ3n) is 5.15. The van der Waals surface area contributed by atoms with E-state index in [2.05, 4.69) is 5.32 Å². The second kappa shape index (κ2) is 9.80. The van der Waals surface area contributed by atoms with Crippen molar-refractivity contribution in [3.63, 3.8) is 0 Å². The highest BCUT2D eigenvalue weighted by Crippen LogP contribution is 2.26. The molecule has 0 spiro atoms. The summed E-state index contributed by atoms with van der Waals surface area (Å²) < 4.78 is 32.2. The second-order valence-electron chi connectivity index (χ2n) is 7.42. The lowest BCUT2D eigenvalue weighted by molar-refractivity contribution is -0.120. The molecule has 1 unspecified atom stereocenters. The van der Waals surface area contributed by atoms with E-state index in [9.17, 15) is 18.0 Å². The van der Waals surface area contributed by atoms with Gasteiger partial charge in [-0.1, -0.05) is 29.3 Å². The minimum Gasteiger partial charge on any atom is -0.462 e. The van der Waals surface area contributed by atoms with Gasteiger partial charge in [0.25, 0.3) is 0 Å². The van der Waals surface area contributed by atoms with E-state index in [4.69, 9.17) is 16.3 Å². The van der Waals surface area contributed by atoms with Crippen molar-refractivity contribution in [2.75, 3.05) is 25.0 Å². The van der Waals surface area contributed by atoms with Gasteiger partial charge in [0.1, 0.15) is 0 Å². The zero-order chi connectivity index (χ0) is 22.6. The van der Waals surface area contributed by atoms with Crippen molar-refractivity contribution in [3.05, 3.63) is 58.6 Å². The van der Waals surface area contributed by atoms with Gasteiger partial charge in [0, 0.05) is 18.8 Å². The van der Waals surface area contributed by atoms with Gasteiger partial charge >= 0.3 is 5.97 Å². The Morgan fingerprint density at radius 3 is 2.55 bits per heavy atom. The molecule has 1 N–H and O–H groups in total.